The first kappa shape index (κ1) is 68.2. The highest BCUT2D eigenvalue weighted by molar-refractivity contribution is 5.90. The van der Waals surface area contributed by atoms with Crippen LogP contribution in [0.1, 0.15) is 83.1 Å². The van der Waals surface area contributed by atoms with Crippen LogP contribution in [0, 0.1) is 0 Å². The Bertz CT molecular complexity index is 2210. The number of aliphatic hydroxyl groups is 8. The van der Waals surface area contributed by atoms with Gasteiger partial charge in [-0.05, 0) is 83.1 Å². The lowest BCUT2D eigenvalue weighted by molar-refractivity contribution is -0.414. The zero-order chi connectivity index (χ0) is 60.7. The molecule has 0 radical (unpaired) electrons. The maximum Gasteiger partial charge on any atom is 0.333 e. The first-order valence-corrected chi connectivity index (χ1v) is 26.1. The van der Waals surface area contributed by atoms with Gasteiger partial charge in [-0.1, -0.05) is 36.5 Å². The van der Waals surface area contributed by atoms with Gasteiger partial charge in [0.2, 0.25) is 0 Å². The van der Waals surface area contributed by atoms with Crippen LogP contribution in [0.4, 0.5) is 0 Å². The van der Waals surface area contributed by atoms with Gasteiger partial charge in [-0.3, -0.25) is 0 Å². The Morgan fingerprint density at radius 1 is 0.333 bits per heavy atom. The van der Waals surface area contributed by atoms with Crippen LogP contribution in [-0.2, 0) is 90.3 Å². The molecule has 0 aliphatic carbocycles. The number of carbonyl (C=O) groups is 6. The summed E-state index contributed by atoms with van der Waals surface area (Å²) in [5, 5.41) is 92.4. The summed E-state index contributed by atoms with van der Waals surface area (Å²) in [5.74, 6) is -5.68. The molecule has 0 aromatic carbocycles. The van der Waals surface area contributed by atoms with Crippen molar-refractivity contribution in [1.82, 2.24) is 0 Å². The lowest BCUT2D eigenvalue weighted by atomic mass is 9.96. The molecule has 81 heavy (non-hydrogen) atoms. The zero-order valence-corrected chi connectivity index (χ0v) is 47.2. The summed E-state index contributed by atoms with van der Waals surface area (Å²) in [5.41, 5.74) is 0.484. The largest absolute Gasteiger partial charge is 0.459 e. The average Bonchev–Trinajstić information content (AvgIpc) is 3.60. The van der Waals surface area contributed by atoms with Gasteiger partial charge in [0.25, 0.3) is 0 Å². The van der Waals surface area contributed by atoms with Gasteiger partial charge in [0.05, 0.1) is 13.2 Å². The van der Waals surface area contributed by atoms with Crippen LogP contribution in [0.3, 0.4) is 0 Å². The second-order valence-corrected chi connectivity index (χ2v) is 19.3. The Morgan fingerprint density at radius 2 is 0.593 bits per heavy atom. The van der Waals surface area contributed by atoms with Crippen LogP contribution in [0.2, 0.25) is 0 Å². The number of aliphatic hydroxyl groups excluding tert-OH is 8. The standard InChI is InChI=1S/C54H78O27/c1-13-23(7)45(63)69-21-31-33(57)35(59)43(79-51-37(61)41(77-49(67)27(11)17-5)39(29(19-55)71-51)75-47(65)25(9)15-3)53(73-31)81-54-44(36(60)34(58)32(74-54)22-70-46(64)24(8)14-2)80-52-38(62)42(78-50(68)28(12)18-6)40(30(20-56)72-52)76-48(66)26(10)16-4/h13-18,29-44,51-62H,19-22H2,1-12H3/b23-13+,24-14+,25-15+,26-16+,27-17+,28-18+/t29-,30-,31-,32-,33-,34-,35+,36+,37-,38-,39-,40-,41-,42-,43-,44-,51+,52+,53-,54-/m1/s1. The van der Waals surface area contributed by atoms with Crippen molar-refractivity contribution in [2.75, 3.05) is 26.4 Å². The van der Waals surface area contributed by atoms with Crippen LogP contribution in [0.5, 0.6) is 0 Å². The summed E-state index contributed by atoms with van der Waals surface area (Å²) < 4.78 is 75.9. The molecule has 4 aliphatic heterocycles. The molecule has 4 aliphatic rings. The van der Waals surface area contributed by atoms with Gasteiger partial charge in [0.1, 0.15) is 86.5 Å². The van der Waals surface area contributed by atoms with E-state index in [1.54, 1.807) is 13.8 Å². The van der Waals surface area contributed by atoms with Crippen LogP contribution in [0.25, 0.3) is 0 Å². The van der Waals surface area contributed by atoms with E-state index >= 15 is 0 Å². The number of ether oxygens (including phenoxy) is 13. The molecule has 0 spiro atoms. The third-order valence-electron chi connectivity index (χ3n) is 14.0. The van der Waals surface area contributed by atoms with Crippen molar-refractivity contribution in [1.29, 1.82) is 0 Å². The second kappa shape index (κ2) is 31.4. The van der Waals surface area contributed by atoms with Crippen molar-refractivity contribution in [3.05, 3.63) is 69.9 Å². The third kappa shape index (κ3) is 16.9. The number of esters is 6. The van der Waals surface area contributed by atoms with Gasteiger partial charge in [0.15, 0.2) is 49.6 Å². The fraction of sp³-hybridized carbons (Fsp3) is 0.667. The van der Waals surface area contributed by atoms with E-state index in [-0.39, 0.29) is 33.4 Å². The van der Waals surface area contributed by atoms with E-state index in [9.17, 15) is 69.6 Å². The molecule has 0 amide bonds. The van der Waals surface area contributed by atoms with Crippen LogP contribution >= 0.6 is 0 Å². The van der Waals surface area contributed by atoms with Gasteiger partial charge in [0, 0.05) is 33.4 Å². The first-order valence-electron chi connectivity index (χ1n) is 26.1. The van der Waals surface area contributed by atoms with E-state index in [0.29, 0.717) is 0 Å². The molecule has 20 atom stereocenters. The molecule has 0 unspecified atom stereocenters. The zero-order valence-electron chi connectivity index (χ0n) is 47.2. The minimum atomic E-state index is -2.23. The van der Waals surface area contributed by atoms with Gasteiger partial charge in [-0.2, -0.15) is 0 Å². The molecule has 8 N–H and O–H groups in total. The van der Waals surface area contributed by atoms with Crippen molar-refractivity contribution in [2.24, 2.45) is 0 Å². The molecule has 0 aromatic heterocycles. The lowest BCUT2D eigenvalue weighted by Crippen LogP contribution is -2.68. The molecule has 27 nitrogen and oxygen atoms in total. The van der Waals surface area contributed by atoms with E-state index < -0.39 is 185 Å². The summed E-state index contributed by atoms with van der Waals surface area (Å²) in [6.07, 6.45) is -31.4. The summed E-state index contributed by atoms with van der Waals surface area (Å²) in [7, 11) is 0. The highest BCUT2D eigenvalue weighted by Gasteiger charge is 2.58. The Hall–Kier alpha value is -5.34. The highest BCUT2D eigenvalue weighted by atomic mass is 16.8. The number of allylic oxidation sites excluding steroid dienone is 6. The molecular formula is C54H78O27. The Kier molecular flexibility index (Phi) is 26.4. The van der Waals surface area contributed by atoms with Crippen molar-refractivity contribution in [3.8, 4) is 0 Å². The highest BCUT2D eigenvalue weighted by Crippen LogP contribution is 2.37. The number of hydrogen-bond donors (Lipinski definition) is 8. The maximum absolute atomic E-state index is 13.3. The van der Waals surface area contributed by atoms with E-state index in [0.717, 1.165) is 0 Å². The summed E-state index contributed by atoms with van der Waals surface area (Å²) in [6.45, 7) is 14.1. The smallest absolute Gasteiger partial charge is 0.333 e. The molecule has 27 heteroatoms. The predicted molar refractivity (Wildman–Crippen MR) is 274 cm³/mol. The van der Waals surface area contributed by atoms with Crippen LogP contribution in [-0.4, -0.2) is 226 Å². The molecule has 4 rings (SSSR count). The summed E-state index contributed by atoms with van der Waals surface area (Å²) >= 11 is 0. The Morgan fingerprint density at radius 3 is 0.864 bits per heavy atom. The Balaban J connectivity index is 1.88. The molecule has 0 bridgehead atoms. The van der Waals surface area contributed by atoms with Gasteiger partial charge in [-0.15, -0.1) is 0 Å². The summed E-state index contributed by atoms with van der Waals surface area (Å²) in [4.78, 5) is 78.5. The van der Waals surface area contributed by atoms with Gasteiger partial charge >= 0.3 is 35.8 Å². The van der Waals surface area contributed by atoms with Crippen molar-refractivity contribution >= 4 is 35.8 Å². The van der Waals surface area contributed by atoms with Crippen molar-refractivity contribution in [2.45, 2.75) is 206 Å². The topological polar surface area (TPSA) is 384 Å². The predicted octanol–water partition coefficient (Wildman–Crippen LogP) is -0.646. The van der Waals surface area contributed by atoms with E-state index in [1.165, 1.54) is 106 Å². The fourth-order valence-corrected chi connectivity index (χ4v) is 8.01. The molecule has 4 saturated heterocycles. The maximum atomic E-state index is 13.3. The Labute approximate surface area is 468 Å². The molecule has 0 saturated carbocycles. The quantitative estimate of drug-likeness (QED) is 0.0379. The van der Waals surface area contributed by atoms with E-state index in [1.807, 2.05) is 0 Å². The SMILES string of the molecule is C/C=C(\C)C(=O)OC[C@H]1O[C@H](O[C@H]2O[C@H](COC(=O)/C(C)=C/C)[C@@H](O)[C@H](O)[C@H]2O[C@@H]2O[C@H](CO)[C@@H](OC(=O)/C(C)=C/C)[C@H](OC(=O)/C(C)=C/C)[C@H]2O)[C@H](O[C@@H]2O[C@H](CO)[C@@H](OC(=O)/C(C)=C/C)[C@H](OC(=O)/C(C)=C/C)[C@H]2O)[C@@H](O)[C@@H]1O. The molecule has 4 fully saturated rings. The third-order valence-corrected chi connectivity index (χ3v) is 14.0. The van der Waals surface area contributed by atoms with Gasteiger partial charge in [-0.25, -0.2) is 28.8 Å². The van der Waals surface area contributed by atoms with Crippen LogP contribution in [0.15, 0.2) is 69.9 Å². The molecule has 0 aromatic rings. The first-order chi connectivity index (χ1) is 38.3. The van der Waals surface area contributed by atoms with Gasteiger partial charge < -0.3 is 102 Å². The fourth-order valence-electron chi connectivity index (χ4n) is 8.01. The van der Waals surface area contributed by atoms with E-state index in [4.69, 9.17) is 61.6 Å². The number of hydrogen-bond acceptors (Lipinski definition) is 27. The molecule has 4 heterocycles. The number of carbonyl (C=O) groups excluding carboxylic acids is 6. The molecule has 456 valence electrons. The molecular weight excluding hydrogens is 1080 g/mol. The van der Waals surface area contributed by atoms with E-state index in [2.05, 4.69) is 0 Å². The van der Waals surface area contributed by atoms with Crippen LogP contribution < -0.4 is 0 Å². The monoisotopic (exact) mass is 1160 g/mol. The number of rotatable bonds is 22. The van der Waals surface area contributed by atoms with Crippen molar-refractivity contribution < 1.29 is 131 Å². The lowest BCUT2D eigenvalue weighted by Gasteiger charge is -2.49. The average molecular weight is 1160 g/mol. The van der Waals surface area contributed by atoms with Crippen molar-refractivity contribution in [3.63, 3.8) is 0 Å². The second-order valence-electron chi connectivity index (χ2n) is 19.3. The normalized spacial score (nSPS) is 35.6. The summed E-state index contributed by atoms with van der Waals surface area (Å²) in [6, 6.07) is 0. The minimum absolute atomic E-state index is 0.0353. The minimum Gasteiger partial charge on any atom is -0.459 e.